The number of oxazole rings is 1. The Labute approximate surface area is 266 Å². The lowest BCUT2D eigenvalue weighted by Gasteiger charge is -2.35. The fourth-order valence-electron chi connectivity index (χ4n) is 5.56. The summed E-state index contributed by atoms with van der Waals surface area (Å²) in [6, 6.07) is 15.8. The number of alkyl halides is 3. The number of urea groups is 1. The molecule has 15 heteroatoms. The van der Waals surface area contributed by atoms with Crippen molar-refractivity contribution in [2.45, 2.75) is 24.7 Å². The topological polar surface area (TPSA) is 110 Å². The van der Waals surface area contributed by atoms with Gasteiger partial charge in [0.25, 0.3) is 6.01 Å². The van der Waals surface area contributed by atoms with Gasteiger partial charge in [0.1, 0.15) is 11.6 Å². The second-order valence-electron chi connectivity index (χ2n) is 11.0. The minimum Gasteiger partial charge on any atom is -0.423 e. The second kappa shape index (κ2) is 13.0. The maximum absolute atomic E-state index is 13.9. The fraction of sp³-hybridized carbons (Fsp3) is 0.323. The zero-order chi connectivity index (χ0) is 32.4. The van der Waals surface area contributed by atoms with Gasteiger partial charge in [0, 0.05) is 50.2 Å². The molecule has 0 radical (unpaired) electrons. The van der Waals surface area contributed by atoms with Crippen LogP contribution in [0.3, 0.4) is 0 Å². The maximum Gasteiger partial charge on any atom is 0.437 e. The Morgan fingerprint density at radius 1 is 1.00 bits per heavy atom. The average molecular weight is 660 g/mol. The van der Waals surface area contributed by atoms with E-state index in [1.807, 2.05) is 17.0 Å². The molecular formula is C31H30ClF4N7O3. The monoisotopic (exact) mass is 659 g/mol. The molecule has 4 heterocycles. The van der Waals surface area contributed by atoms with Crippen molar-refractivity contribution in [3.63, 3.8) is 0 Å². The summed E-state index contributed by atoms with van der Waals surface area (Å²) in [7, 11) is 0. The molecule has 6 rings (SSSR count). The van der Waals surface area contributed by atoms with Gasteiger partial charge in [-0.05, 0) is 48.4 Å². The number of amides is 2. The molecule has 2 aromatic heterocycles. The molecule has 2 aromatic carbocycles. The number of nitrogens with zero attached hydrogens (tertiary/aromatic N) is 5. The van der Waals surface area contributed by atoms with E-state index in [4.69, 9.17) is 16.0 Å². The number of nitrogens with one attached hydrogen (secondary N) is 2. The van der Waals surface area contributed by atoms with Crippen LogP contribution in [0.2, 0.25) is 5.02 Å². The molecule has 2 unspecified atom stereocenters. The number of pyridine rings is 1. The lowest BCUT2D eigenvalue weighted by atomic mass is 9.99. The highest BCUT2D eigenvalue weighted by Gasteiger charge is 2.42. The van der Waals surface area contributed by atoms with Crippen molar-refractivity contribution in [2.24, 2.45) is 0 Å². The van der Waals surface area contributed by atoms with Crippen molar-refractivity contribution in [2.75, 3.05) is 59.7 Å². The average Bonchev–Trinajstić information content (AvgIpc) is 3.72. The Morgan fingerprint density at radius 2 is 1.74 bits per heavy atom. The first kappa shape index (κ1) is 31.4. The maximum atomic E-state index is 13.9. The third-order valence-corrected chi connectivity index (χ3v) is 8.27. The number of rotatable bonds is 7. The van der Waals surface area contributed by atoms with Gasteiger partial charge in [-0.2, -0.15) is 18.2 Å². The van der Waals surface area contributed by atoms with Crippen LogP contribution in [0.5, 0.6) is 0 Å². The first-order valence-corrected chi connectivity index (χ1v) is 15.0. The predicted octanol–water partition coefficient (Wildman–Crippen LogP) is 6.33. The molecular weight excluding hydrogens is 630 g/mol. The summed E-state index contributed by atoms with van der Waals surface area (Å²) in [5.74, 6) is -0.623. The smallest absolute Gasteiger partial charge is 0.423 e. The Morgan fingerprint density at radius 3 is 2.41 bits per heavy atom. The lowest BCUT2D eigenvalue weighted by Crippen LogP contribution is -2.50. The number of hydrogen-bond donors (Lipinski definition) is 3. The Kier molecular flexibility index (Phi) is 8.91. The highest BCUT2D eigenvalue weighted by Crippen LogP contribution is 2.39. The van der Waals surface area contributed by atoms with E-state index in [1.165, 1.54) is 24.4 Å². The Hall–Kier alpha value is -4.56. The van der Waals surface area contributed by atoms with Gasteiger partial charge in [-0.1, -0.05) is 35.9 Å². The molecule has 2 amide bonds. The van der Waals surface area contributed by atoms with Crippen molar-refractivity contribution < 1.29 is 31.9 Å². The van der Waals surface area contributed by atoms with E-state index >= 15 is 0 Å². The van der Waals surface area contributed by atoms with Crippen LogP contribution in [0, 0.1) is 5.82 Å². The number of carbonyl (C=O) groups is 1. The minimum absolute atomic E-state index is 0.0635. The number of hydrogen-bond acceptors (Lipinski definition) is 8. The molecule has 4 aromatic rings. The van der Waals surface area contributed by atoms with Crippen molar-refractivity contribution in [1.82, 2.24) is 14.9 Å². The summed E-state index contributed by atoms with van der Waals surface area (Å²) in [6.07, 6.45) is -4.63. The summed E-state index contributed by atoms with van der Waals surface area (Å²) >= 11 is 5.98. The zero-order valence-corrected chi connectivity index (χ0v) is 25.1. The van der Waals surface area contributed by atoms with Crippen LogP contribution in [-0.4, -0.2) is 65.3 Å². The van der Waals surface area contributed by atoms with Gasteiger partial charge in [0.2, 0.25) is 0 Å². The summed E-state index contributed by atoms with van der Waals surface area (Å²) < 4.78 is 61.2. The molecule has 2 atom stereocenters. The van der Waals surface area contributed by atoms with E-state index in [-0.39, 0.29) is 23.3 Å². The first-order valence-electron chi connectivity index (χ1n) is 14.6. The SMILES string of the molecule is O=C(Nc1ccccc1F)N1CCN(c2ccc(NC(O)c3oc(N4CCC(c5ccc(Cl)cc5)C4)nc3C(F)(F)F)cn2)CC1. The molecule has 10 nitrogen and oxygen atoms in total. The number of aliphatic hydroxyl groups is 1. The number of aromatic nitrogens is 2. The summed E-state index contributed by atoms with van der Waals surface area (Å²) in [5.41, 5.74) is 0.0669. The largest absolute Gasteiger partial charge is 0.437 e. The first-order chi connectivity index (χ1) is 22.0. The number of benzene rings is 2. The number of carbonyl (C=O) groups excluding carboxylic acids is 1. The number of aliphatic hydroxyl groups excluding tert-OH is 1. The highest BCUT2D eigenvalue weighted by atomic mass is 35.5. The van der Waals surface area contributed by atoms with Gasteiger partial charge in [0.15, 0.2) is 17.7 Å². The highest BCUT2D eigenvalue weighted by molar-refractivity contribution is 6.30. The van der Waals surface area contributed by atoms with E-state index in [9.17, 15) is 27.5 Å². The van der Waals surface area contributed by atoms with Crippen molar-refractivity contribution in [1.29, 1.82) is 0 Å². The summed E-state index contributed by atoms with van der Waals surface area (Å²) in [4.78, 5) is 25.8. The summed E-state index contributed by atoms with van der Waals surface area (Å²) in [5, 5.41) is 16.6. The van der Waals surface area contributed by atoms with E-state index in [0.29, 0.717) is 56.5 Å². The molecule has 2 saturated heterocycles. The normalized spacial score (nSPS) is 17.7. The van der Waals surface area contributed by atoms with E-state index < -0.39 is 35.7 Å². The van der Waals surface area contributed by atoms with Gasteiger partial charge in [0.05, 0.1) is 17.6 Å². The molecule has 2 aliphatic heterocycles. The molecule has 242 valence electrons. The molecule has 0 saturated carbocycles. The van der Waals surface area contributed by atoms with Gasteiger partial charge < -0.3 is 34.9 Å². The lowest BCUT2D eigenvalue weighted by molar-refractivity contribution is -0.143. The van der Waals surface area contributed by atoms with E-state index in [1.54, 1.807) is 40.1 Å². The zero-order valence-electron chi connectivity index (χ0n) is 24.3. The van der Waals surface area contributed by atoms with Gasteiger partial charge in [-0.25, -0.2) is 14.2 Å². The van der Waals surface area contributed by atoms with Gasteiger partial charge in [-0.15, -0.1) is 0 Å². The fourth-order valence-corrected chi connectivity index (χ4v) is 5.69. The van der Waals surface area contributed by atoms with Crippen LogP contribution >= 0.6 is 11.6 Å². The minimum atomic E-state index is -4.86. The van der Waals surface area contributed by atoms with Crippen LogP contribution in [0.4, 0.5) is 45.6 Å². The molecule has 0 bridgehead atoms. The van der Waals surface area contributed by atoms with Crippen molar-refractivity contribution in [3.05, 3.63) is 94.7 Å². The number of piperazine rings is 1. The van der Waals surface area contributed by atoms with Crippen LogP contribution in [0.1, 0.15) is 35.6 Å². The number of halogens is 5. The number of anilines is 4. The van der Waals surface area contributed by atoms with Crippen LogP contribution in [0.25, 0.3) is 0 Å². The number of para-hydroxylation sites is 1. The van der Waals surface area contributed by atoms with Gasteiger partial charge >= 0.3 is 12.2 Å². The van der Waals surface area contributed by atoms with E-state index in [2.05, 4.69) is 20.6 Å². The van der Waals surface area contributed by atoms with Crippen molar-refractivity contribution in [3.8, 4) is 0 Å². The van der Waals surface area contributed by atoms with Crippen LogP contribution in [-0.2, 0) is 6.18 Å². The quantitative estimate of drug-likeness (QED) is 0.156. The standard InChI is InChI=1S/C31H30ClF4N7O3/c32-21-7-5-19(6-8-21)20-11-12-43(18-20)30-40-27(31(34,35)36)26(46-30)28(44)38-22-9-10-25(37-17-22)41-13-15-42(16-14-41)29(45)39-24-4-2-1-3-23(24)33/h1-10,17,20,28,38,44H,11-16,18H2,(H,39,45). The molecule has 3 N–H and O–H groups in total. The second-order valence-corrected chi connectivity index (χ2v) is 11.5. The molecule has 2 fully saturated rings. The third-order valence-electron chi connectivity index (χ3n) is 8.02. The Balaban J connectivity index is 1.07. The Bertz CT molecular complexity index is 1660. The molecule has 2 aliphatic rings. The summed E-state index contributed by atoms with van der Waals surface area (Å²) in [6.45, 7) is 2.48. The van der Waals surface area contributed by atoms with Crippen molar-refractivity contribution >= 4 is 40.8 Å². The molecule has 0 spiro atoms. The van der Waals surface area contributed by atoms with Gasteiger partial charge in [-0.3, -0.25) is 0 Å². The molecule has 0 aliphatic carbocycles. The predicted molar refractivity (Wildman–Crippen MR) is 165 cm³/mol. The van der Waals surface area contributed by atoms with E-state index in [0.717, 1.165) is 5.56 Å². The van der Waals surface area contributed by atoms with Crippen LogP contribution < -0.4 is 20.4 Å². The molecule has 46 heavy (non-hydrogen) atoms. The third kappa shape index (κ3) is 6.97. The van der Waals surface area contributed by atoms with Crippen LogP contribution in [0.15, 0.2) is 71.3 Å².